The van der Waals surface area contributed by atoms with Gasteiger partial charge in [0.2, 0.25) is 5.91 Å². The molecule has 1 atom stereocenters. The molecule has 1 rings (SSSR count). The number of hydrogen-bond acceptors (Lipinski definition) is 3. The molecule has 3 N–H and O–H groups in total. The van der Waals surface area contributed by atoms with Gasteiger partial charge in [-0.05, 0) is 18.5 Å². The van der Waals surface area contributed by atoms with Crippen molar-refractivity contribution in [3.8, 4) is 0 Å². The first-order valence-electron chi connectivity index (χ1n) is 5.78. The molecule has 0 aliphatic carbocycles. The fourth-order valence-electron chi connectivity index (χ4n) is 1.62. The topological polar surface area (TPSA) is 64.3 Å². The number of nitrogens with two attached hydrogens (primary N) is 1. The number of benzene rings is 1. The first kappa shape index (κ1) is 13.7. The van der Waals surface area contributed by atoms with Crippen molar-refractivity contribution in [3.63, 3.8) is 0 Å². The summed E-state index contributed by atoms with van der Waals surface area (Å²) in [6.45, 7) is 1.45. The SMILES string of the molecule is COCC(CCN)C(=O)NCc1ccccc1. The Bertz CT molecular complexity index is 321. The van der Waals surface area contributed by atoms with Gasteiger partial charge in [0.15, 0.2) is 0 Å². The average molecular weight is 236 g/mol. The molecule has 4 heteroatoms. The number of carbonyl (C=O) groups is 1. The lowest BCUT2D eigenvalue weighted by Gasteiger charge is -2.15. The summed E-state index contributed by atoms with van der Waals surface area (Å²) in [5.41, 5.74) is 6.56. The minimum atomic E-state index is -0.159. The molecule has 0 heterocycles. The second-order valence-electron chi connectivity index (χ2n) is 3.93. The maximum atomic E-state index is 11.8. The molecule has 1 amide bonds. The molecule has 0 radical (unpaired) electrons. The van der Waals surface area contributed by atoms with Gasteiger partial charge in [0, 0.05) is 13.7 Å². The van der Waals surface area contributed by atoms with Gasteiger partial charge >= 0.3 is 0 Å². The Hall–Kier alpha value is -1.39. The van der Waals surface area contributed by atoms with Crippen LogP contribution in [0.4, 0.5) is 0 Å². The van der Waals surface area contributed by atoms with E-state index in [0.29, 0.717) is 26.1 Å². The van der Waals surface area contributed by atoms with E-state index in [9.17, 15) is 4.79 Å². The van der Waals surface area contributed by atoms with Gasteiger partial charge < -0.3 is 15.8 Å². The van der Waals surface area contributed by atoms with Crippen LogP contribution in [-0.2, 0) is 16.1 Å². The van der Waals surface area contributed by atoms with Crippen LogP contribution in [0.1, 0.15) is 12.0 Å². The highest BCUT2D eigenvalue weighted by Gasteiger charge is 2.16. The number of nitrogens with one attached hydrogen (secondary N) is 1. The first-order chi connectivity index (χ1) is 8.27. The van der Waals surface area contributed by atoms with Crippen LogP contribution in [0.3, 0.4) is 0 Å². The molecule has 0 aliphatic rings. The van der Waals surface area contributed by atoms with Gasteiger partial charge in [-0.3, -0.25) is 4.79 Å². The zero-order chi connectivity index (χ0) is 12.5. The number of amides is 1. The standard InChI is InChI=1S/C13H20N2O2/c1-17-10-12(7-8-14)13(16)15-9-11-5-3-2-4-6-11/h2-6,12H,7-10,14H2,1H3,(H,15,16). The number of methoxy groups -OCH3 is 1. The van der Waals surface area contributed by atoms with Crippen molar-refractivity contribution in [2.75, 3.05) is 20.3 Å². The Morgan fingerprint density at radius 1 is 1.41 bits per heavy atom. The summed E-state index contributed by atoms with van der Waals surface area (Å²) < 4.78 is 5.01. The molecule has 1 aromatic carbocycles. The number of ether oxygens (including phenoxy) is 1. The molecule has 0 saturated carbocycles. The van der Waals surface area contributed by atoms with Gasteiger partial charge in [0.1, 0.15) is 0 Å². The van der Waals surface area contributed by atoms with Gasteiger partial charge in [-0.1, -0.05) is 30.3 Å². The van der Waals surface area contributed by atoms with E-state index < -0.39 is 0 Å². The molecule has 0 spiro atoms. The van der Waals surface area contributed by atoms with E-state index in [4.69, 9.17) is 10.5 Å². The molecule has 4 nitrogen and oxygen atoms in total. The van der Waals surface area contributed by atoms with Crippen LogP contribution in [0.2, 0.25) is 0 Å². The maximum absolute atomic E-state index is 11.8. The van der Waals surface area contributed by atoms with E-state index in [2.05, 4.69) is 5.32 Å². The minimum Gasteiger partial charge on any atom is -0.384 e. The molecule has 0 fully saturated rings. The lowest BCUT2D eigenvalue weighted by Crippen LogP contribution is -2.34. The third kappa shape index (κ3) is 4.97. The second kappa shape index (κ2) is 7.81. The summed E-state index contributed by atoms with van der Waals surface area (Å²) in [6, 6.07) is 9.82. The highest BCUT2D eigenvalue weighted by atomic mass is 16.5. The molecule has 1 unspecified atom stereocenters. The summed E-state index contributed by atoms with van der Waals surface area (Å²) in [5, 5.41) is 2.89. The van der Waals surface area contributed by atoms with E-state index in [-0.39, 0.29) is 11.8 Å². The van der Waals surface area contributed by atoms with Crippen molar-refractivity contribution < 1.29 is 9.53 Å². The Kier molecular flexibility index (Phi) is 6.29. The largest absolute Gasteiger partial charge is 0.384 e. The van der Waals surface area contributed by atoms with E-state index in [0.717, 1.165) is 5.56 Å². The van der Waals surface area contributed by atoms with Gasteiger partial charge in [0.25, 0.3) is 0 Å². The summed E-state index contributed by atoms with van der Waals surface area (Å²) in [5.74, 6) is -0.158. The van der Waals surface area contributed by atoms with Crippen LogP contribution >= 0.6 is 0 Å². The Labute approximate surface area is 102 Å². The molecule has 1 aromatic rings. The van der Waals surface area contributed by atoms with Crippen molar-refractivity contribution in [2.45, 2.75) is 13.0 Å². The van der Waals surface area contributed by atoms with Gasteiger partial charge in [0.05, 0.1) is 12.5 Å². The maximum Gasteiger partial charge on any atom is 0.225 e. The molecule has 0 bridgehead atoms. The number of carbonyl (C=O) groups excluding carboxylic acids is 1. The van der Waals surface area contributed by atoms with Crippen LogP contribution in [0.15, 0.2) is 30.3 Å². The number of hydrogen-bond donors (Lipinski definition) is 2. The van der Waals surface area contributed by atoms with Crippen molar-refractivity contribution in [1.29, 1.82) is 0 Å². The Morgan fingerprint density at radius 2 is 2.12 bits per heavy atom. The molecular formula is C13H20N2O2. The predicted molar refractivity (Wildman–Crippen MR) is 67.3 cm³/mol. The second-order valence-corrected chi connectivity index (χ2v) is 3.93. The van der Waals surface area contributed by atoms with Gasteiger partial charge in [-0.25, -0.2) is 0 Å². The summed E-state index contributed by atoms with van der Waals surface area (Å²) in [4.78, 5) is 11.8. The fraction of sp³-hybridized carbons (Fsp3) is 0.462. The smallest absolute Gasteiger partial charge is 0.225 e. The van der Waals surface area contributed by atoms with Gasteiger partial charge in [-0.15, -0.1) is 0 Å². The normalized spacial score (nSPS) is 12.1. The van der Waals surface area contributed by atoms with Crippen molar-refractivity contribution >= 4 is 5.91 Å². The van der Waals surface area contributed by atoms with E-state index in [1.54, 1.807) is 7.11 Å². The molecule has 0 aromatic heterocycles. The molecule has 0 aliphatic heterocycles. The van der Waals surface area contributed by atoms with Crippen molar-refractivity contribution in [3.05, 3.63) is 35.9 Å². The number of rotatable bonds is 7. The third-order valence-electron chi connectivity index (χ3n) is 2.56. The van der Waals surface area contributed by atoms with Crippen molar-refractivity contribution in [1.82, 2.24) is 5.32 Å². The van der Waals surface area contributed by atoms with Crippen LogP contribution in [0.5, 0.6) is 0 Å². The molecule has 17 heavy (non-hydrogen) atoms. The molecule has 0 saturated heterocycles. The minimum absolute atomic E-state index is 0.00107. The van der Waals surface area contributed by atoms with Crippen molar-refractivity contribution in [2.24, 2.45) is 11.7 Å². The highest BCUT2D eigenvalue weighted by molar-refractivity contribution is 5.78. The van der Waals surface area contributed by atoms with E-state index in [1.807, 2.05) is 30.3 Å². The quantitative estimate of drug-likeness (QED) is 0.739. The highest BCUT2D eigenvalue weighted by Crippen LogP contribution is 2.04. The zero-order valence-corrected chi connectivity index (χ0v) is 10.2. The van der Waals surface area contributed by atoms with Crippen LogP contribution < -0.4 is 11.1 Å². The summed E-state index contributed by atoms with van der Waals surface area (Å²) in [7, 11) is 1.59. The molecular weight excluding hydrogens is 216 g/mol. The summed E-state index contributed by atoms with van der Waals surface area (Å²) in [6.07, 6.45) is 0.647. The Balaban J connectivity index is 2.41. The monoisotopic (exact) mass is 236 g/mol. The van der Waals surface area contributed by atoms with E-state index in [1.165, 1.54) is 0 Å². The third-order valence-corrected chi connectivity index (χ3v) is 2.56. The van der Waals surface area contributed by atoms with Crippen LogP contribution in [0.25, 0.3) is 0 Å². The predicted octanol–water partition coefficient (Wildman–Crippen LogP) is 0.914. The van der Waals surface area contributed by atoms with Crippen LogP contribution in [-0.4, -0.2) is 26.2 Å². The average Bonchev–Trinajstić information content (AvgIpc) is 2.37. The van der Waals surface area contributed by atoms with Crippen LogP contribution in [0, 0.1) is 5.92 Å². The lowest BCUT2D eigenvalue weighted by molar-refractivity contribution is -0.126. The Morgan fingerprint density at radius 3 is 2.71 bits per heavy atom. The zero-order valence-electron chi connectivity index (χ0n) is 10.2. The lowest BCUT2D eigenvalue weighted by atomic mass is 10.1. The van der Waals surface area contributed by atoms with Gasteiger partial charge in [-0.2, -0.15) is 0 Å². The summed E-state index contributed by atoms with van der Waals surface area (Å²) >= 11 is 0. The molecule has 94 valence electrons. The first-order valence-corrected chi connectivity index (χ1v) is 5.78. The van der Waals surface area contributed by atoms with E-state index >= 15 is 0 Å². The fourth-order valence-corrected chi connectivity index (χ4v) is 1.62.